The molecule has 12 heteroatoms. The van der Waals surface area contributed by atoms with E-state index in [0.29, 0.717) is 47.5 Å². The molecule has 0 atom stereocenters. The largest absolute Gasteiger partial charge is 0.493 e. The highest BCUT2D eigenvalue weighted by Crippen LogP contribution is 2.32. The normalized spacial score (nSPS) is 12.1. The van der Waals surface area contributed by atoms with Gasteiger partial charge >= 0.3 is 0 Å². The first kappa shape index (κ1) is 26.8. The number of aliphatic hydroxyl groups is 1. The van der Waals surface area contributed by atoms with E-state index in [9.17, 15) is 18.3 Å². The van der Waals surface area contributed by atoms with Gasteiger partial charge in [0.05, 0.1) is 29.4 Å². The van der Waals surface area contributed by atoms with Crippen LogP contribution in [-0.2, 0) is 28.2 Å². The minimum absolute atomic E-state index is 0.0210. The number of sulfonamides is 1. The molecule has 11 nitrogen and oxygen atoms in total. The molecule has 0 saturated carbocycles. The Balaban J connectivity index is 2.17. The number of nitrogens with one attached hydrogen (secondary N) is 1. The quantitative estimate of drug-likeness (QED) is 0.356. The summed E-state index contributed by atoms with van der Waals surface area (Å²) in [6.07, 6.45) is 1.78. The van der Waals surface area contributed by atoms with Gasteiger partial charge in [-0.25, -0.2) is 13.4 Å². The summed E-state index contributed by atoms with van der Waals surface area (Å²) < 4.78 is 40.5. The van der Waals surface area contributed by atoms with Gasteiger partial charge in [-0.3, -0.25) is 9.48 Å². The monoisotopic (exact) mass is 507 g/mol. The van der Waals surface area contributed by atoms with Crippen molar-refractivity contribution >= 4 is 21.1 Å². The van der Waals surface area contributed by atoms with E-state index in [2.05, 4.69) is 15.1 Å². The molecule has 0 aliphatic heterocycles. The Morgan fingerprint density at radius 3 is 2.66 bits per heavy atom. The summed E-state index contributed by atoms with van der Waals surface area (Å²) in [6, 6.07) is 4.48. The molecule has 0 spiro atoms. The van der Waals surface area contributed by atoms with Gasteiger partial charge in [-0.2, -0.15) is 9.40 Å². The molecule has 2 heterocycles. The molecule has 0 saturated heterocycles. The maximum atomic E-state index is 13.5. The van der Waals surface area contributed by atoms with E-state index in [1.807, 2.05) is 13.8 Å². The standard InChI is InChI=1S/C23H33N5O6S/c1-5-8-18-20-21(27(3)26-18)23(30)25-22(24-20)17-15-16(9-10-19(17)34-6-2)35(31,32)28(11-7-13-29)12-14-33-4/h9-10,15,29H,5-8,11-14H2,1-4H3,(H,24,25,30). The van der Waals surface area contributed by atoms with Gasteiger partial charge in [-0.1, -0.05) is 13.3 Å². The topological polar surface area (TPSA) is 140 Å². The molecular formula is C23H33N5O6S. The Kier molecular flexibility index (Phi) is 9.00. The molecule has 35 heavy (non-hydrogen) atoms. The number of H-pyrrole nitrogens is 1. The summed E-state index contributed by atoms with van der Waals surface area (Å²) in [5.74, 6) is 0.598. The predicted octanol–water partition coefficient (Wildman–Crippen LogP) is 1.69. The molecule has 0 aliphatic carbocycles. The van der Waals surface area contributed by atoms with Gasteiger partial charge in [-0.15, -0.1) is 0 Å². The maximum absolute atomic E-state index is 13.5. The SMILES string of the molecule is CCCc1nn(C)c2c(=O)[nH]c(-c3cc(S(=O)(=O)N(CCCO)CCOC)ccc3OCC)nc12. The molecule has 0 radical (unpaired) electrons. The van der Waals surface area contributed by atoms with Gasteiger partial charge < -0.3 is 19.6 Å². The van der Waals surface area contributed by atoms with E-state index in [0.717, 1.165) is 6.42 Å². The Labute approximate surface area is 204 Å². The fraction of sp³-hybridized carbons (Fsp3) is 0.522. The van der Waals surface area contributed by atoms with Crippen molar-refractivity contribution in [1.29, 1.82) is 0 Å². The van der Waals surface area contributed by atoms with Crippen molar-refractivity contribution < 1.29 is 23.0 Å². The van der Waals surface area contributed by atoms with Gasteiger partial charge in [0.25, 0.3) is 5.56 Å². The van der Waals surface area contributed by atoms with E-state index in [1.165, 1.54) is 28.2 Å². The minimum atomic E-state index is -3.92. The van der Waals surface area contributed by atoms with Crippen LogP contribution in [0, 0.1) is 0 Å². The number of nitrogens with zero attached hydrogens (tertiary/aromatic N) is 4. The van der Waals surface area contributed by atoms with Crippen LogP contribution in [0.2, 0.25) is 0 Å². The van der Waals surface area contributed by atoms with Gasteiger partial charge in [0.2, 0.25) is 10.0 Å². The van der Waals surface area contributed by atoms with Gasteiger partial charge in [0, 0.05) is 33.9 Å². The van der Waals surface area contributed by atoms with E-state index >= 15 is 0 Å². The Hall–Kier alpha value is -2.80. The number of aliphatic hydroxyl groups excluding tert-OH is 1. The molecule has 0 fully saturated rings. The van der Waals surface area contributed by atoms with Crippen LogP contribution in [0.15, 0.2) is 27.9 Å². The van der Waals surface area contributed by atoms with Crippen molar-refractivity contribution in [3.05, 3.63) is 34.2 Å². The molecule has 3 rings (SSSR count). The fourth-order valence-corrected chi connectivity index (χ4v) is 5.35. The number of methoxy groups -OCH3 is 1. The first-order chi connectivity index (χ1) is 16.8. The third-order valence-electron chi connectivity index (χ3n) is 5.50. The number of hydrogen-bond donors (Lipinski definition) is 2. The number of benzene rings is 1. The highest BCUT2D eigenvalue weighted by Gasteiger charge is 2.26. The van der Waals surface area contributed by atoms with E-state index in [1.54, 1.807) is 13.1 Å². The number of hydrogen-bond acceptors (Lipinski definition) is 8. The van der Waals surface area contributed by atoms with Crippen molar-refractivity contribution in [1.82, 2.24) is 24.1 Å². The summed E-state index contributed by atoms with van der Waals surface area (Å²) >= 11 is 0. The van der Waals surface area contributed by atoms with Crippen molar-refractivity contribution in [2.45, 2.75) is 38.0 Å². The smallest absolute Gasteiger partial charge is 0.277 e. The lowest BCUT2D eigenvalue weighted by Crippen LogP contribution is -2.35. The Morgan fingerprint density at radius 2 is 2.00 bits per heavy atom. The molecule has 2 N–H and O–H groups in total. The molecule has 2 aromatic heterocycles. The lowest BCUT2D eigenvalue weighted by Gasteiger charge is -2.22. The lowest BCUT2D eigenvalue weighted by atomic mass is 10.1. The van der Waals surface area contributed by atoms with Crippen molar-refractivity contribution in [3.8, 4) is 17.1 Å². The maximum Gasteiger partial charge on any atom is 0.277 e. The van der Waals surface area contributed by atoms with Crippen LogP contribution in [0.1, 0.15) is 32.4 Å². The first-order valence-electron chi connectivity index (χ1n) is 11.6. The number of aromatic nitrogens is 4. The fourth-order valence-electron chi connectivity index (χ4n) is 3.86. The van der Waals surface area contributed by atoms with Crippen LogP contribution in [0.3, 0.4) is 0 Å². The van der Waals surface area contributed by atoms with Crippen LogP contribution in [0.4, 0.5) is 0 Å². The summed E-state index contributed by atoms with van der Waals surface area (Å²) in [5.41, 5.74) is 1.52. The van der Waals surface area contributed by atoms with E-state index < -0.39 is 10.0 Å². The minimum Gasteiger partial charge on any atom is -0.493 e. The van der Waals surface area contributed by atoms with Crippen LogP contribution in [0.5, 0.6) is 5.75 Å². The zero-order valence-electron chi connectivity index (χ0n) is 20.6. The predicted molar refractivity (Wildman–Crippen MR) is 132 cm³/mol. The summed E-state index contributed by atoms with van der Waals surface area (Å²) in [7, 11) is -0.735. The average molecular weight is 508 g/mol. The van der Waals surface area contributed by atoms with E-state index in [4.69, 9.17) is 9.47 Å². The molecule has 1 aromatic carbocycles. The molecule has 0 aliphatic rings. The lowest BCUT2D eigenvalue weighted by molar-refractivity contribution is 0.175. The second kappa shape index (κ2) is 11.8. The zero-order valence-corrected chi connectivity index (χ0v) is 21.4. The van der Waals surface area contributed by atoms with Crippen LogP contribution in [0.25, 0.3) is 22.4 Å². The number of ether oxygens (including phenoxy) is 2. The third kappa shape index (κ3) is 5.72. The highest BCUT2D eigenvalue weighted by molar-refractivity contribution is 7.89. The average Bonchev–Trinajstić information content (AvgIpc) is 3.15. The van der Waals surface area contributed by atoms with E-state index in [-0.39, 0.29) is 42.6 Å². The summed E-state index contributed by atoms with van der Waals surface area (Å²) in [5, 5.41) is 13.7. The summed E-state index contributed by atoms with van der Waals surface area (Å²) in [4.78, 5) is 20.4. The second-order valence-corrected chi connectivity index (χ2v) is 9.94. The molecule has 3 aromatic rings. The zero-order chi connectivity index (χ0) is 25.6. The van der Waals surface area contributed by atoms with Crippen molar-refractivity contribution in [3.63, 3.8) is 0 Å². The van der Waals surface area contributed by atoms with Crippen LogP contribution in [-0.4, -0.2) is 77.6 Å². The Morgan fingerprint density at radius 1 is 1.23 bits per heavy atom. The molecule has 192 valence electrons. The van der Waals surface area contributed by atoms with Crippen LogP contribution < -0.4 is 10.3 Å². The van der Waals surface area contributed by atoms with Crippen molar-refractivity contribution in [2.75, 3.05) is 40.0 Å². The molecule has 0 bridgehead atoms. The molecule has 0 unspecified atom stereocenters. The number of rotatable bonds is 13. The third-order valence-corrected chi connectivity index (χ3v) is 7.40. The van der Waals surface area contributed by atoms with Crippen molar-refractivity contribution in [2.24, 2.45) is 7.05 Å². The first-order valence-corrected chi connectivity index (χ1v) is 13.1. The van der Waals surface area contributed by atoms with Crippen LogP contribution >= 0.6 is 0 Å². The highest BCUT2D eigenvalue weighted by atomic mass is 32.2. The van der Waals surface area contributed by atoms with Gasteiger partial charge in [-0.05, 0) is 38.0 Å². The Bertz CT molecular complexity index is 1310. The summed E-state index contributed by atoms with van der Waals surface area (Å²) in [6.45, 7) is 4.53. The molecular weight excluding hydrogens is 474 g/mol. The number of aromatic amines is 1. The second-order valence-electron chi connectivity index (χ2n) is 8.00. The number of aryl methyl sites for hydroxylation is 2. The van der Waals surface area contributed by atoms with Gasteiger partial charge in [0.15, 0.2) is 5.52 Å². The molecule has 0 amide bonds. The van der Waals surface area contributed by atoms with Gasteiger partial charge in [0.1, 0.15) is 17.1 Å². The number of fused-ring (bicyclic) bond motifs is 1.